The van der Waals surface area contributed by atoms with Gasteiger partial charge in [-0.1, -0.05) is 23.2 Å². The highest BCUT2D eigenvalue weighted by atomic mass is 35.5. The van der Waals surface area contributed by atoms with Crippen LogP contribution >= 0.6 is 23.2 Å². The maximum absolute atomic E-state index is 12.1. The van der Waals surface area contributed by atoms with E-state index < -0.39 is 0 Å². The van der Waals surface area contributed by atoms with E-state index in [4.69, 9.17) is 27.9 Å². The number of halogens is 2. The summed E-state index contributed by atoms with van der Waals surface area (Å²) in [5.74, 6) is -0.189. The third kappa shape index (κ3) is 3.13. The molecule has 6 heteroatoms. The van der Waals surface area contributed by atoms with Crippen molar-refractivity contribution in [1.29, 1.82) is 0 Å². The van der Waals surface area contributed by atoms with E-state index >= 15 is 0 Å². The fourth-order valence-corrected chi connectivity index (χ4v) is 2.11. The molecule has 0 aromatic carbocycles. The second kappa shape index (κ2) is 5.43. The number of hydrogen-bond donors (Lipinski definition) is 1. The Morgan fingerprint density at radius 1 is 1.44 bits per heavy atom. The van der Waals surface area contributed by atoms with Crippen molar-refractivity contribution in [2.24, 2.45) is 0 Å². The van der Waals surface area contributed by atoms with Crippen molar-refractivity contribution in [3.8, 4) is 0 Å². The van der Waals surface area contributed by atoms with Crippen LogP contribution in [0.3, 0.4) is 0 Å². The molecule has 2 rings (SSSR count). The van der Waals surface area contributed by atoms with E-state index in [0.29, 0.717) is 18.8 Å². The first-order chi connectivity index (χ1) is 8.50. The van der Waals surface area contributed by atoms with Gasteiger partial charge in [-0.2, -0.15) is 0 Å². The first-order valence-corrected chi connectivity index (χ1v) is 6.47. The zero-order valence-corrected chi connectivity index (χ0v) is 11.5. The van der Waals surface area contributed by atoms with E-state index in [0.717, 1.165) is 12.8 Å². The third-order valence-corrected chi connectivity index (χ3v) is 3.76. The van der Waals surface area contributed by atoms with Gasteiger partial charge in [0.25, 0.3) is 5.91 Å². The first kappa shape index (κ1) is 13.6. The van der Waals surface area contributed by atoms with E-state index in [9.17, 15) is 4.79 Å². The fourth-order valence-electron chi connectivity index (χ4n) is 1.84. The van der Waals surface area contributed by atoms with Crippen molar-refractivity contribution in [2.75, 3.05) is 13.2 Å². The van der Waals surface area contributed by atoms with Gasteiger partial charge in [0.15, 0.2) is 0 Å². The minimum atomic E-state index is -0.235. The molecule has 98 valence electrons. The highest BCUT2D eigenvalue weighted by Gasteiger charge is 2.29. The molecule has 0 bridgehead atoms. The highest BCUT2D eigenvalue weighted by Crippen LogP contribution is 2.22. The summed E-state index contributed by atoms with van der Waals surface area (Å²) in [7, 11) is 0. The topological polar surface area (TPSA) is 51.2 Å². The SMILES string of the molecule is CC1(NC(=O)c2cnc(Cl)c(Cl)c2)CCOCC1. The minimum Gasteiger partial charge on any atom is -0.381 e. The summed E-state index contributed by atoms with van der Waals surface area (Å²) in [6, 6.07) is 1.52. The molecule has 1 saturated heterocycles. The number of aromatic nitrogens is 1. The smallest absolute Gasteiger partial charge is 0.253 e. The largest absolute Gasteiger partial charge is 0.381 e. The lowest BCUT2D eigenvalue weighted by Gasteiger charge is -2.34. The monoisotopic (exact) mass is 288 g/mol. The van der Waals surface area contributed by atoms with Gasteiger partial charge in [-0.3, -0.25) is 4.79 Å². The third-order valence-electron chi connectivity index (χ3n) is 3.07. The van der Waals surface area contributed by atoms with Gasteiger partial charge in [0.2, 0.25) is 0 Å². The molecule has 18 heavy (non-hydrogen) atoms. The Balaban J connectivity index is 2.09. The zero-order valence-electron chi connectivity index (χ0n) is 10.0. The predicted molar refractivity (Wildman–Crippen MR) is 70.2 cm³/mol. The Kier molecular flexibility index (Phi) is 4.10. The maximum atomic E-state index is 12.1. The molecule has 4 nitrogen and oxygen atoms in total. The second-order valence-corrected chi connectivity index (χ2v) is 5.39. The summed E-state index contributed by atoms with van der Waals surface area (Å²) in [6.45, 7) is 3.34. The molecular weight excluding hydrogens is 275 g/mol. The Labute approximate surface area is 116 Å². The fraction of sp³-hybridized carbons (Fsp3) is 0.500. The molecule has 1 aromatic rings. The molecule has 0 atom stereocenters. The lowest BCUT2D eigenvalue weighted by molar-refractivity contribution is 0.0423. The van der Waals surface area contributed by atoms with E-state index in [1.165, 1.54) is 12.3 Å². The molecular formula is C12H14Cl2N2O2. The standard InChI is InChI=1S/C12H14Cl2N2O2/c1-12(2-4-18-5-3-12)16-11(17)8-6-9(13)10(14)15-7-8/h6-7H,2-5H2,1H3,(H,16,17). The number of ether oxygens (including phenoxy) is 1. The maximum Gasteiger partial charge on any atom is 0.253 e. The van der Waals surface area contributed by atoms with E-state index in [-0.39, 0.29) is 21.6 Å². The van der Waals surface area contributed by atoms with Crippen LogP contribution in [0.2, 0.25) is 10.2 Å². The Morgan fingerprint density at radius 3 is 2.72 bits per heavy atom. The summed E-state index contributed by atoms with van der Waals surface area (Å²) in [4.78, 5) is 16.0. The molecule has 0 unspecified atom stereocenters. The summed E-state index contributed by atoms with van der Waals surface area (Å²) in [5, 5.41) is 3.48. The van der Waals surface area contributed by atoms with Crippen molar-refractivity contribution < 1.29 is 9.53 Å². The van der Waals surface area contributed by atoms with Crippen molar-refractivity contribution in [3.63, 3.8) is 0 Å². The van der Waals surface area contributed by atoms with Crippen LogP contribution in [0.25, 0.3) is 0 Å². The van der Waals surface area contributed by atoms with Crippen molar-refractivity contribution in [2.45, 2.75) is 25.3 Å². The van der Waals surface area contributed by atoms with Crippen molar-refractivity contribution >= 4 is 29.1 Å². The summed E-state index contributed by atoms with van der Waals surface area (Å²) < 4.78 is 5.28. The molecule has 1 aliphatic rings. The van der Waals surface area contributed by atoms with Crippen LogP contribution in [0.15, 0.2) is 12.3 Å². The number of carbonyl (C=O) groups excluding carboxylic acids is 1. The molecule has 0 aliphatic carbocycles. The quantitative estimate of drug-likeness (QED) is 0.852. The van der Waals surface area contributed by atoms with Crippen LogP contribution in [0, 0.1) is 0 Å². The van der Waals surface area contributed by atoms with Gasteiger partial charge in [0.05, 0.1) is 10.6 Å². The predicted octanol–water partition coefficient (Wildman–Crippen LogP) is 2.69. The van der Waals surface area contributed by atoms with E-state index in [1.54, 1.807) is 0 Å². The molecule has 0 spiro atoms. The lowest BCUT2D eigenvalue weighted by Crippen LogP contribution is -2.49. The van der Waals surface area contributed by atoms with Crippen LogP contribution in [-0.4, -0.2) is 29.6 Å². The Morgan fingerprint density at radius 2 is 2.11 bits per heavy atom. The Bertz CT molecular complexity index is 459. The van der Waals surface area contributed by atoms with Gasteiger partial charge in [0.1, 0.15) is 5.15 Å². The zero-order chi connectivity index (χ0) is 13.2. The minimum absolute atomic E-state index is 0.189. The van der Waals surface area contributed by atoms with E-state index in [1.807, 2.05) is 6.92 Å². The van der Waals surface area contributed by atoms with Gasteiger partial charge in [-0.25, -0.2) is 4.98 Å². The van der Waals surface area contributed by atoms with Gasteiger partial charge >= 0.3 is 0 Å². The molecule has 1 amide bonds. The molecule has 2 heterocycles. The first-order valence-electron chi connectivity index (χ1n) is 5.71. The average Bonchev–Trinajstić information content (AvgIpc) is 2.33. The number of carbonyl (C=O) groups is 1. The number of rotatable bonds is 2. The average molecular weight is 289 g/mol. The Hall–Kier alpha value is -0.840. The summed E-state index contributed by atoms with van der Waals surface area (Å²) in [5.41, 5.74) is 0.179. The molecule has 1 N–H and O–H groups in total. The van der Waals surface area contributed by atoms with Gasteiger partial charge in [-0.15, -0.1) is 0 Å². The van der Waals surface area contributed by atoms with Crippen LogP contribution in [-0.2, 0) is 4.74 Å². The number of amides is 1. The van der Waals surface area contributed by atoms with Crippen LogP contribution in [0.4, 0.5) is 0 Å². The number of nitrogens with one attached hydrogen (secondary N) is 1. The van der Waals surface area contributed by atoms with Crippen LogP contribution in [0.5, 0.6) is 0 Å². The molecule has 0 saturated carbocycles. The summed E-state index contributed by atoms with van der Waals surface area (Å²) >= 11 is 11.6. The van der Waals surface area contributed by atoms with E-state index in [2.05, 4.69) is 10.3 Å². The summed E-state index contributed by atoms with van der Waals surface area (Å²) in [6.07, 6.45) is 3.02. The number of pyridine rings is 1. The molecule has 0 radical (unpaired) electrons. The van der Waals surface area contributed by atoms with Crippen LogP contribution < -0.4 is 5.32 Å². The van der Waals surface area contributed by atoms with Crippen LogP contribution in [0.1, 0.15) is 30.1 Å². The van der Waals surface area contributed by atoms with Gasteiger partial charge < -0.3 is 10.1 Å². The number of hydrogen-bond acceptors (Lipinski definition) is 3. The second-order valence-electron chi connectivity index (χ2n) is 4.62. The highest BCUT2D eigenvalue weighted by molar-refractivity contribution is 6.41. The van der Waals surface area contributed by atoms with Gasteiger partial charge in [-0.05, 0) is 25.8 Å². The lowest BCUT2D eigenvalue weighted by atomic mass is 9.92. The normalized spacial score (nSPS) is 18.4. The number of nitrogens with zero attached hydrogens (tertiary/aromatic N) is 1. The van der Waals surface area contributed by atoms with Crippen molar-refractivity contribution in [1.82, 2.24) is 10.3 Å². The van der Waals surface area contributed by atoms with Crippen molar-refractivity contribution in [3.05, 3.63) is 28.0 Å². The molecule has 1 fully saturated rings. The molecule has 1 aliphatic heterocycles. The molecule has 1 aromatic heterocycles. The van der Waals surface area contributed by atoms with Gasteiger partial charge in [0, 0.05) is 24.9 Å².